The minimum absolute atomic E-state index is 0.295. The topological polar surface area (TPSA) is 41.9 Å². The SMILES string of the molecule is CCc1ccc(CN(C)c2ncnc3cc(F)ccc23)nc1. The lowest BCUT2D eigenvalue weighted by Crippen LogP contribution is -2.19. The van der Waals surface area contributed by atoms with Crippen molar-refractivity contribution in [3.63, 3.8) is 0 Å². The molecule has 0 saturated heterocycles. The van der Waals surface area contributed by atoms with Gasteiger partial charge >= 0.3 is 0 Å². The van der Waals surface area contributed by atoms with Crippen LogP contribution in [0.25, 0.3) is 10.9 Å². The summed E-state index contributed by atoms with van der Waals surface area (Å²) in [5.41, 5.74) is 2.79. The number of pyridine rings is 1. The first-order chi connectivity index (χ1) is 10.7. The summed E-state index contributed by atoms with van der Waals surface area (Å²) in [6.07, 6.45) is 4.34. The van der Waals surface area contributed by atoms with E-state index in [9.17, 15) is 4.39 Å². The molecule has 0 atom stereocenters. The predicted octanol–water partition coefficient (Wildman–Crippen LogP) is 3.36. The monoisotopic (exact) mass is 296 g/mol. The summed E-state index contributed by atoms with van der Waals surface area (Å²) in [4.78, 5) is 14.9. The van der Waals surface area contributed by atoms with E-state index in [-0.39, 0.29) is 5.82 Å². The van der Waals surface area contributed by atoms with Gasteiger partial charge in [-0.1, -0.05) is 13.0 Å². The normalized spacial score (nSPS) is 10.9. The average Bonchev–Trinajstić information content (AvgIpc) is 2.54. The summed E-state index contributed by atoms with van der Waals surface area (Å²) in [5, 5.41) is 0.830. The zero-order chi connectivity index (χ0) is 15.5. The molecule has 0 aliphatic carbocycles. The summed E-state index contributed by atoms with van der Waals surface area (Å²) >= 11 is 0. The number of hydrogen-bond donors (Lipinski definition) is 0. The molecular weight excluding hydrogens is 279 g/mol. The fourth-order valence-electron chi connectivity index (χ4n) is 2.40. The van der Waals surface area contributed by atoms with Gasteiger partial charge < -0.3 is 4.90 Å². The molecule has 1 aromatic carbocycles. The van der Waals surface area contributed by atoms with Crippen LogP contribution in [0.3, 0.4) is 0 Å². The Kier molecular flexibility index (Phi) is 3.96. The van der Waals surface area contributed by atoms with Crippen molar-refractivity contribution in [3.8, 4) is 0 Å². The minimum Gasteiger partial charge on any atom is -0.353 e. The van der Waals surface area contributed by atoms with Crippen molar-refractivity contribution in [1.29, 1.82) is 0 Å². The van der Waals surface area contributed by atoms with Crippen LogP contribution in [0.2, 0.25) is 0 Å². The summed E-state index contributed by atoms with van der Waals surface area (Å²) in [6, 6.07) is 8.67. The van der Waals surface area contributed by atoms with E-state index < -0.39 is 0 Å². The molecule has 4 nitrogen and oxygen atoms in total. The molecule has 0 amide bonds. The van der Waals surface area contributed by atoms with Crippen molar-refractivity contribution in [3.05, 3.63) is 59.9 Å². The summed E-state index contributed by atoms with van der Waals surface area (Å²) in [5.74, 6) is 0.475. The van der Waals surface area contributed by atoms with Crippen molar-refractivity contribution in [2.24, 2.45) is 0 Å². The van der Waals surface area contributed by atoms with E-state index in [0.29, 0.717) is 12.1 Å². The second-order valence-electron chi connectivity index (χ2n) is 5.23. The van der Waals surface area contributed by atoms with Crippen LogP contribution in [0.1, 0.15) is 18.2 Å². The van der Waals surface area contributed by atoms with Crippen LogP contribution < -0.4 is 4.90 Å². The van der Waals surface area contributed by atoms with Gasteiger partial charge in [-0.25, -0.2) is 14.4 Å². The average molecular weight is 296 g/mol. The highest BCUT2D eigenvalue weighted by molar-refractivity contribution is 5.89. The molecule has 0 spiro atoms. The van der Waals surface area contributed by atoms with E-state index in [1.807, 2.05) is 24.2 Å². The molecule has 3 rings (SSSR count). The zero-order valence-electron chi connectivity index (χ0n) is 12.6. The Labute approximate surface area is 128 Å². The second-order valence-corrected chi connectivity index (χ2v) is 5.23. The third-order valence-corrected chi connectivity index (χ3v) is 3.63. The Balaban J connectivity index is 1.89. The molecule has 3 aromatic rings. The van der Waals surface area contributed by atoms with E-state index in [0.717, 1.165) is 23.3 Å². The van der Waals surface area contributed by atoms with Crippen LogP contribution in [-0.4, -0.2) is 22.0 Å². The van der Waals surface area contributed by atoms with E-state index in [4.69, 9.17) is 0 Å². The van der Waals surface area contributed by atoms with Gasteiger partial charge in [0.05, 0.1) is 17.8 Å². The van der Waals surface area contributed by atoms with E-state index in [2.05, 4.69) is 27.9 Å². The molecule has 2 aromatic heterocycles. The van der Waals surface area contributed by atoms with Gasteiger partial charge in [-0.15, -0.1) is 0 Å². The molecule has 0 aliphatic rings. The zero-order valence-corrected chi connectivity index (χ0v) is 12.6. The molecule has 5 heteroatoms. The molecule has 22 heavy (non-hydrogen) atoms. The molecule has 0 bridgehead atoms. The first kappa shape index (κ1) is 14.4. The van der Waals surface area contributed by atoms with Crippen LogP contribution in [-0.2, 0) is 13.0 Å². The Morgan fingerprint density at radius 1 is 1.09 bits per heavy atom. The Morgan fingerprint density at radius 2 is 1.95 bits per heavy atom. The van der Waals surface area contributed by atoms with Crippen molar-refractivity contribution in [2.75, 3.05) is 11.9 Å². The number of hydrogen-bond acceptors (Lipinski definition) is 4. The Bertz CT molecular complexity index is 786. The van der Waals surface area contributed by atoms with Crippen LogP contribution >= 0.6 is 0 Å². The van der Waals surface area contributed by atoms with Gasteiger partial charge in [-0.05, 0) is 30.2 Å². The van der Waals surface area contributed by atoms with Crippen LogP contribution in [0.15, 0.2) is 42.9 Å². The number of nitrogens with zero attached hydrogens (tertiary/aromatic N) is 4. The van der Waals surface area contributed by atoms with Gasteiger partial charge in [0.15, 0.2) is 0 Å². The lowest BCUT2D eigenvalue weighted by atomic mass is 10.2. The molecule has 0 saturated carbocycles. The number of benzene rings is 1. The van der Waals surface area contributed by atoms with Crippen LogP contribution in [0, 0.1) is 5.82 Å². The maximum Gasteiger partial charge on any atom is 0.139 e. The highest BCUT2D eigenvalue weighted by Gasteiger charge is 2.10. The van der Waals surface area contributed by atoms with Gasteiger partial charge in [0.25, 0.3) is 0 Å². The highest BCUT2D eigenvalue weighted by atomic mass is 19.1. The minimum atomic E-state index is -0.295. The smallest absolute Gasteiger partial charge is 0.139 e. The first-order valence-electron chi connectivity index (χ1n) is 7.22. The number of aromatic nitrogens is 3. The summed E-state index contributed by atoms with van der Waals surface area (Å²) in [7, 11) is 1.94. The fraction of sp³-hybridized carbons (Fsp3) is 0.235. The molecular formula is C17H17FN4. The Hall–Kier alpha value is -2.56. The fourth-order valence-corrected chi connectivity index (χ4v) is 2.40. The second kappa shape index (κ2) is 6.05. The summed E-state index contributed by atoms with van der Waals surface area (Å²) < 4.78 is 13.3. The van der Waals surface area contributed by atoms with E-state index in [1.165, 1.54) is 24.0 Å². The lowest BCUT2D eigenvalue weighted by molar-refractivity contribution is 0.629. The molecule has 0 unspecified atom stereocenters. The lowest BCUT2D eigenvalue weighted by Gasteiger charge is -2.19. The Morgan fingerprint density at radius 3 is 2.68 bits per heavy atom. The van der Waals surface area contributed by atoms with Crippen molar-refractivity contribution in [2.45, 2.75) is 19.9 Å². The standard InChI is InChI=1S/C17H17FN4/c1-3-12-4-6-14(19-9-12)10-22(2)17-15-7-5-13(18)8-16(15)20-11-21-17/h4-9,11H,3,10H2,1-2H3. The number of aryl methyl sites for hydroxylation is 1. The first-order valence-corrected chi connectivity index (χ1v) is 7.22. The van der Waals surface area contributed by atoms with Gasteiger partial charge in [-0.3, -0.25) is 4.98 Å². The third kappa shape index (κ3) is 2.88. The molecule has 0 N–H and O–H groups in total. The number of rotatable bonds is 4. The van der Waals surface area contributed by atoms with E-state index >= 15 is 0 Å². The van der Waals surface area contributed by atoms with Gasteiger partial charge in [-0.2, -0.15) is 0 Å². The molecule has 112 valence electrons. The van der Waals surface area contributed by atoms with Gasteiger partial charge in [0, 0.05) is 24.7 Å². The highest BCUT2D eigenvalue weighted by Crippen LogP contribution is 2.23. The molecule has 0 radical (unpaired) electrons. The maximum atomic E-state index is 13.3. The largest absolute Gasteiger partial charge is 0.353 e. The van der Waals surface area contributed by atoms with Gasteiger partial charge in [0.2, 0.25) is 0 Å². The molecule has 0 aliphatic heterocycles. The third-order valence-electron chi connectivity index (χ3n) is 3.63. The predicted molar refractivity (Wildman–Crippen MR) is 85.2 cm³/mol. The number of anilines is 1. The van der Waals surface area contributed by atoms with Crippen molar-refractivity contribution >= 4 is 16.7 Å². The van der Waals surface area contributed by atoms with E-state index in [1.54, 1.807) is 6.07 Å². The van der Waals surface area contributed by atoms with Crippen molar-refractivity contribution < 1.29 is 4.39 Å². The number of halogens is 1. The van der Waals surface area contributed by atoms with Gasteiger partial charge in [0.1, 0.15) is 18.0 Å². The number of fused-ring (bicyclic) bond motifs is 1. The van der Waals surface area contributed by atoms with Crippen LogP contribution in [0.4, 0.5) is 10.2 Å². The molecule has 2 heterocycles. The van der Waals surface area contributed by atoms with Crippen LogP contribution in [0.5, 0.6) is 0 Å². The quantitative estimate of drug-likeness (QED) is 0.740. The summed E-state index contributed by atoms with van der Waals surface area (Å²) in [6.45, 7) is 2.74. The molecule has 0 fully saturated rings. The van der Waals surface area contributed by atoms with Crippen molar-refractivity contribution in [1.82, 2.24) is 15.0 Å². The maximum absolute atomic E-state index is 13.3.